The van der Waals surface area contributed by atoms with Crippen LogP contribution in [0.15, 0.2) is 53.1 Å². The number of furan rings is 1. The highest BCUT2D eigenvalue weighted by Crippen LogP contribution is 2.18. The minimum Gasteiger partial charge on any atom is -0.459 e. The molecule has 0 aliphatic carbocycles. The molecule has 7 heteroatoms. The van der Waals surface area contributed by atoms with Crippen LogP contribution in [-0.2, 0) is 11.2 Å². The Morgan fingerprint density at radius 3 is 2.67 bits per heavy atom. The van der Waals surface area contributed by atoms with E-state index in [1.54, 1.807) is 12.1 Å². The Hall–Kier alpha value is -2.31. The van der Waals surface area contributed by atoms with Crippen LogP contribution in [0.3, 0.4) is 0 Å². The molecule has 27 heavy (non-hydrogen) atoms. The molecule has 146 valence electrons. The molecule has 3 rings (SSSR count). The molecule has 0 saturated carbocycles. The molecule has 1 aromatic carbocycles. The van der Waals surface area contributed by atoms with E-state index in [1.807, 2.05) is 42.3 Å². The van der Waals surface area contributed by atoms with Crippen molar-refractivity contribution in [2.24, 2.45) is 5.92 Å². The Bertz CT molecular complexity index is 721. The summed E-state index contributed by atoms with van der Waals surface area (Å²) in [6.07, 6.45) is 2.89. The lowest BCUT2D eigenvalue weighted by Gasteiger charge is -2.24. The number of likely N-dealkylation sites (tertiary alicyclic amines) is 1. The maximum absolute atomic E-state index is 13.1. The van der Waals surface area contributed by atoms with E-state index in [4.69, 9.17) is 4.42 Å². The number of rotatable bonds is 7. The van der Waals surface area contributed by atoms with Gasteiger partial charge in [0, 0.05) is 19.5 Å². The zero-order valence-corrected chi connectivity index (χ0v) is 16.2. The molecule has 1 aromatic heterocycles. The van der Waals surface area contributed by atoms with E-state index in [1.165, 1.54) is 6.26 Å². The molecule has 1 fully saturated rings. The first-order chi connectivity index (χ1) is 12.7. The monoisotopic (exact) mass is 391 g/mol. The molecule has 1 saturated heterocycles. The van der Waals surface area contributed by atoms with E-state index < -0.39 is 6.04 Å². The molecule has 0 radical (unpaired) electrons. The predicted octanol–water partition coefficient (Wildman–Crippen LogP) is 2.11. The second-order valence-corrected chi connectivity index (χ2v) is 6.69. The van der Waals surface area contributed by atoms with Gasteiger partial charge >= 0.3 is 0 Å². The molecule has 1 aliphatic rings. The van der Waals surface area contributed by atoms with Gasteiger partial charge in [0.2, 0.25) is 5.91 Å². The normalized spacial score (nSPS) is 17.2. The summed E-state index contributed by atoms with van der Waals surface area (Å²) >= 11 is 0. The Balaban J connectivity index is 0.00000261. The number of nitrogens with one attached hydrogen (secondary N) is 2. The number of benzene rings is 1. The second kappa shape index (κ2) is 10.1. The molecule has 1 aliphatic heterocycles. The van der Waals surface area contributed by atoms with Crippen LogP contribution < -0.4 is 10.6 Å². The van der Waals surface area contributed by atoms with E-state index in [-0.39, 0.29) is 30.0 Å². The zero-order valence-electron chi connectivity index (χ0n) is 15.4. The third-order valence-corrected chi connectivity index (χ3v) is 4.72. The van der Waals surface area contributed by atoms with E-state index >= 15 is 0 Å². The van der Waals surface area contributed by atoms with Gasteiger partial charge in [-0.1, -0.05) is 30.3 Å². The van der Waals surface area contributed by atoms with Crippen molar-refractivity contribution in [1.29, 1.82) is 0 Å². The molecule has 2 aromatic rings. The highest BCUT2D eigenvalue weighted by molar-refractivity contribution is 5.95. The standard InChI is InChI=1S/C20H25N3O3.ClH/c1-21-13-16-9-10-23(14-16)20(25)17(12-15-6-3-2-4-7-15)22-19(24)18-8-5-11-26-18;/h2-8,11,16-17,21H,9-10,12-14H2,1H3,(H,22,24);1H. The lowest BCUT2D eigenvalue weighted by Crippen LogP contribution is -2.49. The maximum Gasteiger partial charge on any atom is 0.287 e. The van der Waals surface area contributed by atoms with Crippen LogP contribution in [0, 0.1) is 5.92 Å². The van der Waals surface area contributed by atoms with Gasteiger partial charge in [-0.05, 0) is 43.6 Å². The fraction of sp³-hybridized carbons (Fsp3) is 0.400. The zero-order chi connectivity index (χ0) is 18.4. The Kier molecular flexibility index (Phi) is 7.88. The van der Waals surface area contributed by atoms with Gasteiger partial charge in [-0.3, -0.25) is 9.59 Å². The van der Waals surface area contributed by atoms with Crippen molar-refractivity contribution in [2.75, 3.05) is 26.7 Å². The summed E-state index contributed by atoms with van der Waals surface area (Å²) in [4.78, 5) is 27.3. The van der Waals surface area contributed by atoms with Crippen LogP contribution in [0.2, 0.25) is 0 Å². The van der Waals surface area contributed by atoms with Gasteiger partial charge in [-0.25, -0.2) is 0 Å². The van der Waals surface area contributed by atoms with Gasteiger partial charge in [-0.15, -0.1) is 12.4 Å². The number of halogens is 1. The van der Waals surface area contributed by atoms with Gasteiger partial charge < -0.3 is 20.0 Å². The third kappa shape index (κ3) is 5.58. The lowest BCUT2D eigenvalue weighted by molar-refractivity contribution is -0.132. The van der Waals surface area contributed by atoms with Gasteiger partial charge in [0.15, 0.2) is 5.76 Å². The van der Waals surface area contributed by atoms with Crippen LogP contribution in [0.4, 0.5) is 0 Å². The summed E-state index contributed by atoms with van der Waals surface area (Å²) < 4.78 is 5.16. The van der Waals surface area contributed by atoms with Crippen molar-refractivity contribution < 1.29 is 14.0 Å². The highest BCUT2D eigenvalue weighted by atomic mass is 35.5. The minimum absolute atomic E-state index is 0. The van der Waals surface area contributed by atoms with Gasteiger partial charge in [0.1, 0.15) is 6.04 Å². The number of amides is 2. The summed E-state index contributed by atoms with van der Waals surface area (Å²) in [5, 5.41) is 6.02. The van der Waals surface area contributed by atoms with Crippen LogP contribution in [-0.4, -0.2) is 49.4 Å². The maximum atomic E-state index is 13.1. The van der Waals surface area contributed by atoms with Crippen LogP contribution in [0.5, 0.6) is 0 Å². The topological polar surface area (TPSA) is 74.6 Å². The molecular formula is C20H26ClN3O3. The van der Waals surface area contributed by atoms with E-state index in [9.17, 15) is 9.59 Å². The Morgan fingerprint density at radius 2 is 2.00 bits per heavy atom. The first-order valence-corrected chi connectivity index (χ1v) is 8.99. The smallest absolute Gasteiger partial charge is 0.287 e. The fourth-order valence-corrected chi connectivity index (χ4v) is 3.40. The number of carbonyl (C=O) groups is 2. The molecule has 0 bridgehead atoms. The molecule has 2 unspecified atom stereocenters. The molecule has 2 atom stereocenters. The second-order valence-electron chi connectivity index (χ2n) is 6.69. The van der Waals surface area contributed by atoms with Gasteiger partial charge in [-0.2, -0.15) is 0 Å². The van der Waals surface area contributed by atoms with Crippen molar-refractivity contribution >= 4 is 24.2 Å². The first-order valence-electron chi connectivity index (χ1n) is 8.99. The van der Waals surface area contributed by atoms with Gasteiger partial charge in [0.25, 0.3) is 5.91 Å². The fourth-order valence-electron chi connectivity index (χ4n) is 3.40. The van der Waals surface area contributed by atoms with Crippen LogP contribution in [0.25, 0.3) is 0 Å². The summed E-state index contributed by atoms with van der Waals surface area (Å²) in [6, 6.07) is 12.4. The van der Waals surface area contributed by atoms with E-state index in [0.717, 1.165) is 31.6 Å². The predicted molar refractivity (Wildman–Crippen MR) is 106 cm³/mol. The van der Waals surface area contributed by atoms with Crippen molar-refractivity contribution in [3.63, 3.8) is 0 Å². The summed E-state index contributed by atoms with van der Waals surface area (Å²) in [5.41, 5.74) is 1.01. The SMILES string of the molecule is CNCC1CCN(C(=O)C(Cc2ccccc2)NC(=O)c2ccco2)C1.Cl. The Morgan fingerprint density at radius 1 is 1.22 bits per heavy atom. The Labute approximate surface area is 165 Å². The highest BCUT2D eigenvalue weighted by Gasteiger charge is 2.32. The lowest BCUT2D eigenvalue weighted by atomic mass is 10.0. The molecule has 2 N–H and O–H groups in total. The number of carbonyl (C=O) groups excluding carboxylic acids is 2. The average molecular weight is 392 g/mol. The average Bonchev–Trinajstić information content (AvgIpc) is 3.34. The van der Waals surface area contributed by atoms with Gasteiger partial charge in [0.05, 0.1) is 6.26 Å². The van der Waals surface area contributed by atoms with Crippen molar-refractivity contribution in [3.8, 4) is 0 Å². The van der Waals surface area contributed by atoms with E-state index in [2.05, 4.69) is 10.6 Å². The molecule has 0 spiro atoms. The molecule has 2 amide bonds. The van der Waals surface area contributed by atoms with Crippen LogP contribution in [0.1, 0.15) is 22.5 Å². The summed E-state index contributed by atoms with van der Waals surface area (Å²) in [6.45, 7) is 2.35. The van der Waals surface area contributed by atoms with Crippen LogP contribution >= 0.6 is 12.4 Å². The molecule has 6 nitrogen and oxygen atoms in total. The largest absolute Gasteiger partial charge is 0.459 e. The summed E-state index contributed by atoms with van der Waals surface area (Å²) in [7, 11) is 1.92. The quantitative estimate of drug-likeness (QED) is 0.758. The first kappa shape index (κ1) is 21.0. The number of hydrogen-bond donors (Lipinski definition) is 2. The molecule has 2 heterocycles. The van der Waals surface area contributed by atoms with Crippen molar-refractivity contribution in [3.05, 3.63) is 60.1 Å². The minimum atomic E-state index is -0.608. The number of hydrogen-bond acceptors (Lipinski definition) is 4. The third-order valence-electron chi connectivity index (χ3n) is 4.72. The van der Waals surface area contributed by atoms with Crippen molar-refractivity contribution in [1.82, 2.24) is 15.5 Å². The van der Waals surface area contributed by atoms with Crippen molar-refractivity contribution in [2.45, 2.75) is 18.9 Å². The number of nitrogens with zero attached hydrogens (tertiary/aromatic N) is 1. The summed E-state index contributed by atoms with van der Waals surface area (Å²) in [5.74, 6) is 0.273. The van der Waals surface area contributed by atoms with E-state index in [0.29, 0.717) is 12.3 Å². The molecular weight excluding hydrogens is 366 g/mol.